The highest BCUT2D eigenvalue weighted by Crippen LogP contribution is 2.43. The molecule has 0 rings (SSSR count). The maximum atomic E-state index is 12.9. The second-order valence-corrected chi connectivity index (χ2v) is 23.1. The molecular weight excluding hydrogens is 1060 g/mol. The molecule has 10 heteroatoms. The van der Waals surface area contributed by atoms with Crippen LogP contribution >= 0.6 is 7.82 Å². The number of ether oxygens (including phenoxy) is 2. The molecule has 470 valence electrons. The lowest BCUT2D eigenvalue weighted by atomic mass is 10.1. The fourth-order valence-corrected chi connectivity index (χ4v) is 8.49. The minimum atomic E-state index is -4.42. The van der Waals surface area contributed by atoms with Crippen LogP contribution in [0.4, 0.5) is 0 Å². The highest BCUT2D eigenvalue weighted by molar-refractivity contribution is 7.47. The van der Waals surface area contributed by atoms with Gasteiger partial charge < -0.3 is 18.9 Å². The number of unbranched alkanes of at least 4 members (excludes halogenated alkanes) is 10. The van der Waals surface area contributed by atoms with Gasteiger partial charge in [0.15, 0.2) is 6.10 Å². The molecule has 0 aromatic rings. The Morgan fingerprint density at radius 2 is 0.643 bits per heavy atom. The molecular formula is C74H117NO8P+. The third kappa shape index (κ3) is 66.0. The predicted octanol–water partition coefficient (Wildman–Crippen LogP) is 20.9. The lowest BCUT2D eigenvalue weighted by Gasteiger charge is -2.24. The van der Waals surface area contributed by atoms with Crippen molar-refractivity contribution < 1.29 is 42.1 Å². The Morgan fingerprint density at radius 1 is 0.369 bits per heavy atom. The molecule has 0 saturated carbocycles. The fraction of sp³-hybridized carbons (Fsp3) is 0.541. The third-order valence-corrected chi connectivity index (χ3v) is 13.6. The van der Waals surface area contributed by atoms with E-state index in [1.165, 1.54) is 12.8 Å². The summed E-state index contributed by atoms with van der Waals surface area (Å²) in [5.74, 6) is -0.867. The van der Waals surface area contributed by atoms with Crippen molar-refractivity contribution in [2.45, 2.75) is 213 Å². The summed E-state index contributed by atoms with van der Waals surface area (Å²) >= 11 is 0. The van der Waals surface area contributed by atoms with E-state index < -0.39 is 32.5 Å². The summed E-state index contributed by atoms with van der Waals surface area (Å²) in [6.45, 7) is 4.12. The number of hydrogen-bond donors (Lipinski definition) is 1. The molecule has 0 radical (unpaired) electrons. The van der Waals surface area contributed by atoms with Gasteiger partial charge in [-0.25, -0.2) is 4.57 Å². The second kappa shape index (κ2) is 62.4. The van der Waals surface area contributed by atoms with Gasteiger partial charge in [0, 0.05) is 12.8 Å². The van der Waals surface area contributed by atoms with E-state index in [0.29, 0.717) is 23.9 Å². The molecule has 0 aliphatic heterocycles. The van der Waals surface area contributed by atoms with Crippen LogP contribution < -0.4 is 0 Å². The van der Waals surface area contributed by atoms with Gasteiger partial charge in [0.2, 0.25) is 0 Å². The zero-order valence-corrected chi connectivity index (χ0v) is 54.2. The molecule has 0 saturated heterocycles. The summed E-state index contributed by atoms with van der Waals surface area (Å²) in [6, 6.07) is 0. The summed E-state index contributed by atoms with van der Waals surface area (Å²) in [5.41, 5.74) is 0. The Bertz CT molecular complexity index is 2120. The van der Waals surface area contributed by atoms with Gasteiger partial charge in [0.05, 0.1) is 27.7 Å². The first-order valence-electron chi connectivity index (χ1n) is 32.2. The van der Waals surface area contributed by atoms with Crippen LogP contribution in [0.1, 0.15) is 206 Å². The first-order chi connectivity index (χ1) is 41.0. The maximum Gasteiger partial charge on any atom is 0.472 e. The molecule has 0 aromatic heterocycles. The summed E-state index contributed by atoms with van der Waals surface area (Å²) in [4.78, 5) is 35.8. The molecule has 2 atom stereocenters. The normalized spacial score (nSPS) is 14.5. The van der Waals surface area contributed by atoms with E-state index >= 15 is 0 Å². The molecule has 0 aromatic carbocycles. The predicted molar refractivity (Wildman–Crippen MR) is 362 cm³/mol. The molecule has 0 spiro atoms. The molecule has 2 unspecified atom stereocenters. The first kappa shape index (κ1) is 78.8. The van der Waals surface area contributed by atoms with Crippen LogP contribution in [0, 0.1) is 0 Å². The second-order valence-electron chi connectivity index (χ2n) is 21.7. The first-order valence-corrected chi connectivity index (χ1v) is 33.7. The van der Waals surface area contributed by atoms with Crippen LogP contribution in [0.25, 0.3) is 0 Å². The van der Waals surface area contributed by atoms with Gasteiger partial charge in [-0.3, -0.25) is 18.6 Å². The van der Waals surface area contributed by atoms with Gasteiger partial charge >= 0.3 is 19.8 Å². The van der Waals surface area contributed by atoms with Crippen LogP contribution in [-0.4, -0.2) is 74.9 Å². The number of phosphoric ester groups is 1. The van der Waals surface area contributed by atoms with Crippen molar-refractivity contribution in [1.82, 2.24) is 0 Å². The smallest absolute Gasteiger partial charge is 0.462 e. The molecule has 0 aliphatic carbocycles. The van der Waals surface area contributed by atoms with E-state index in [1.807, 2.05) is 21.1 Å². The number of nitrogens with zero attached hydrogens (tertiary/aromatic N) is 1. The molecule has 0 aliphatic rings. The van der Waals surface area contributed by atoms with Crippen LogP contribution in [0.15, 0.2) is 194 Å². The summed E-state index contributed by atoms with van der Waals surface area (Å²) < 4.78 is 34.6. The van der Waals surface area contributed by atoms with Crippen molar-refractivity contribution in [3.05, 3.63) is 194 Å². The van der Waals surface area contributed by atoms with E-state index in [1.54, 1.807) is 0 Å². The number of rotatable bonds is 56. The van der Waals surface area contributed by atoms with Crippen molar-refractivity contribution in [2.24, 2.45) is 0 Å². The van der Waals surface area contributed by atoms with Crippen molar-refractivity contribution in [2.75, 3.05) is 47.5 Å². The highest BCUT2D eigenvalue weighted by atomic mass is 31.2. The van der Waals surface area contributed by atoms with Crippen LogP contribution in [0.2, 0.25) is 0 Å². The molecule has 9 nitrogen and oxygen atoms in total. The van der Waals surface area contributed by atoms with Gasteiger partial charge in [0.1, 0.15) is 19.8 Å². The largest absolute Gasteiger partial charge is 0.472 e. The van der Waals surface area contributed by atoms with Crippen LogP contribution in [0.5, 0.6) is 0 Å². The van der Waals surface area contributed by atoms with Crippen molar-refractivity contribution >= 4 is 19.8 Å². The Balaban J connectivity index is 4.27. The standard InChI is InChI=1S/C74H116NO8P/c1-6-8-10-12-14-16-18-20-22-24-26-28-30-32-33-34-35-36-37-38-39-40-41-43-45-47-49-51-53-55-57-59-61-63-65-67-74(77)83-72(71-82-84(78,79)81-69-68-75(3,4)5)70-80-73(76)66-64-62-60-58-56-54-52-50-48-46-44-42-31-29-27-25-23-21-19-17-15-13-11-9-7-2/h8-11,14-17,20-23,26-29,32-33,35-36,38-39,41-44,47-50,54,56,72H,6-7,12-13,18-19,24-25,30-31,34,37,40,45-46,51-53,55,57-71H2,1-5H3/p+1/b10-8-,11-9-,16-14-,17-15-,22-20-,23-21-,28-26-,29-27-,33-32-,36-35-,39-38-,43-41-,44-42-,49-47-,50-48-,56-54-. The van der Waals surface area contributed by atoms with Gasteiger partial charge in [-0.1, -0.05) is 247 Å². The van der Waals surface area contributed by atoms with Crippen molar-refractivity contribution in [1.29, 1.82) is 0 Å². The highest BCUT2D eigenvalue weighted by Gasteiger charge is 2.27. The number of quaternary nitrogens is 1. The van der Waals surface area contributed by atoms with Gasteiger partial charge in [-0.15, -0.1) is 0 Å². The number of phosphoric acid groups is 1. The van der Waals surface area contributed by atoms with E-state index in [2.05, 4.69) is 208 Å². The SMILES string of the molecule is CC/C=C\C/C=C\C/C=C\C/C=C\C/C=C\C/C=C\C/C=C\C/C=C\C/C=C\CCCCCCCCCC(=O)OC(COC(=O)CCCCC/C=C\C/C=C\C/C=C\C/C=C\C/C=C\C/C=C\C/C=C\CC)COP(=O)(O)OCC[N+](C)(C)C. The summed E-state index contributed by atoms with van der Waals surface area (Å²) in [7, 11) is 1.42. The third-order valence-electron chi connectivity index (χ3n) is 12.6. The van der Waals surface area contributed by atoms with Crippen molar-refractivity contribution in [3.63, 3.8) is 0 Å². The molecule has 0 fully saturated rings. The molecule has 0 amide bonds. The van der Waals surface area contributed by atoms with Crippen LogP contribution in [0.3, 0.4) is 0 Å². The van der Waals surface area contributed by atoms with E-state index in [4.69, 9.17) is 18.5 Å². The van der Waals surface area contributed by atoms with E-state index in [-0.39, 0.29) is 26.1 Å². The summed E-state index contributed by atoms with van der Waals surface area (Å²) in [5, 5.41) is 0. The Hall–Kier alpha value is -5.15. The maximum absolute atomic E-state index is 12.9. The molecule has 84 heavy (non-hydrogen) atoms. The lowest BCUT2D eigenvalue weighted by molar-refractivity contribution is -0.870. The lowest BCUT2D eigenvalue weighted by Crippen LogP contribution is -2.37. The summed E-state index contributed by atoms with van der Waals surface area (Å²) in [6.07, 6.45) is 97.9. The fourth-order valence-electron chi connectivity index (χ4n) is 7.75. The van der Waals surface area contributed by atoms with Gasteiger partial charge in [-0.05, 0) is 141 Å². The van der Waals surface area contributed by atoms with Gasteiger partial charge in [-0.2, -0.15) is 0 Å². The van der Waals surface area contributed by atoms with Crippen LogP contribution in [-0.2, 0) is 32.7 Å². The number of carbonyl (C=O) groups excluding carboxylic acids is 2. The monoisotopic (exact) mass is 1180 g/mol. The number of esters is 2. The minimum Gasteiger partial charge on any atom is -0.462 e. The quantitative estimate of drug-likeness (QED) is 0.0211. The zero-order valence-electron chi connectivity index (χ0n) is 53.3. The minimum absolute atomic E-state index is 0.0115. The Kier molecular flexibility index (Phi) is 58.6. The average Bonchev–Trinajstić information content (AvgIpc) is 3.61. The van der Waals surface area contributed by atoms with E-state index in [0.717, 1.165) is 154 Å². The number of allylic oxidation sites excluding steroid dienone is 32. The average molecular weight is 1180 g/mol. The molecule has 0 heterocycles. The number of carbonyl (C=O) groups is 2. The number of hydrogen-bond acceptors (Lipinski definition) is 7. The van der Waals surface area contributed by atoms with Crippen molar-refractivity contribution in [3.8, 4) is 0 Å². The Labute approximate surface area is 513 Å². The molecule has 0 bridgehead atoms. The van der Waals surface area contributed by atoms with E-state index in [9.17, 15) is 19.0 Å². The molecule has 1 N–H and O–H groups in total. The van der Waals surface area contributed by atoms with Gasteiger partial charge in [0.25, 0.3) is 0 Å². The number of likely N-dealkylation sites (N-methyl/N-ethyl adjacent to an activating group) is 1. The Morgan fingerprint density at radius 3 is 0.964 bits per heavy atom. The zero-order chi connectivity index (χ0) is 61.2. The topological polar surface area (TPSA) is 108 Å².